The first kappa shape index (κ1) is 18.6. The minimum Gasteiger partial charge on any atom is -0.481 e. The SMILES string of the molecule is CCCc1cc(=O)oc2cc(O[C@H](C)C(=O)NCc3cccnc3)ccc12. The van der Waals surface area contributed by atoms with Crippen molar-refractivity contribution in [3.05, 3.63) is 70.3 Å². The molecule has 0 saturated carbocycles. The quantitative estimate of drug-likeness (QED) is 0.649. The molecule has 3 rings (SSSR count). The summed E-state index contributed by atoms with van der Waals surface area (Å²) < 4.78 is 11.0. The van der Waals surface area contributed by atoms with E-state index in [4.69, 9.17) is 9.15 Å². The molecule has 6 heteroatoms. The number of carbonyl (C=O) groups excluding carboxylic acids is 1. The molecule has 140 valence electrons. The smallest absolute Gasteiger partial charge is 0.336 e. The van der Waals surface area contributed by atoms with Crippen molar-refractivity contribution in [3.8, 4) is 5.75 Å². The van der Waals surface area contributed by atoms with Gasteiger partial charge in [-0.1, -0.05) is 19.4 Å². The van der Waals surface area contributed by atoms with Crippen LogP contribution < -0.4 is 15.7 Å². The second kappa shape index (κ2) is 8.49. The first-order valence-electron chi connectivity index (χ1n) is 8.97. The van der Waals surface area contributed by atoms with Crippen molar-refractivity contribution in [2.75, 3.05) is 0 Å². The van der Waals surface area contributed by atoms with E-state index in [0.29, 0.717) is 17.9 Å². The van der Waals surface area contributed by atoms with Crippen molar-refractivity contribution in [2.45, 2.75) is 39.3 Å². The number of nitrogens with zero attached hydrogens (tertiary/aromatic N) is 1. The number of aromatic nitrogens is 1. The molecule has 0 radical (unpaired) electrons. The number of fused-ring (bicyclic) bond motifs is 1. The summed E-state index contributed by atoms with van der Waals surface area (Å²) in [4.78, 5) is 28.0. The highest BCUT2D eigenvalue weighted by molar-refractivity contribution is 5.83. The van der Waals surface area contributed by atoms with Gasteiger partial charge in [-0.05, 0) is 42.7 Å². The Balaban J connectivity index is 1.70. The Morgan fingerprint density at radius 1 is 1.30 bits per heavy atom. The first-order valence-corrected chi connectivity index (χ1v) is 8.97. The molecule has 3 aromatic rings. The van der Waals surface area contributed by atoms with E-state index in [2.05, 4.69) is 17.2 Å². The van der Waals surface area contributed by atoms with Gasteiger partial charge in [0.1, 0.15) is 11.3 Å². The van der Waals surface area contributed by atoms with Crippen LogP contribution >= 0.6 is 0 Å². The van der Waals surface area contributed by atoms with E-state index < -0.39 is 6.10 Å². The summed E-state index contributed by atoms with van der Waals surface area (Å²) in [6, 6.07) is 10.5. The molecular weight excluding hydrogens is 344 g/mol. The van der Waals surface area contributed by atoms with Crippen LogP contribution in [0.4, 0.5) is 0 Å². The molecule has 27 heavy (non-hydrogen) atoms. The predicted molar refractivity (Wildman–Crippen MR) is 103 cm³/mol. The van der Waals surface area contributed by atoms with Gasteiger partial charge in [0.05, 0.1) is 0 Å². The minimum absolute atomic E-state index is 0.236. The molecule has 0 aliphatic carbocycles. The first-order chi connectivity index (χ1) is 13.1. The standard InChI is InChI=1S/C21H22N2O4/c1-3-5-16-10-20(24)27-19-11-17(7-8-18(16)19)26-14(2)21(25)23-13-15-6-4-9-22-12-15/h4,6-12,14H,3,5,13H2,1-2H3,(H,23,25)/t14-/m1/s1. The second-order valence-electron chi connectivity index (χ2n) is 6.34. The van der Waals surface area contributed by atoms with E-state index in [-0.39, 0.29) is 11.5 Å². The highest BCUT2D eigenvalue weighted by atomic mass is 16.5. The van der Waals surface area contributed by atoms with Crippen LogP contribution in [0.15, 0.2) is 58.0 Å². The minimum atomic E-state index is -0.690. The number of aryl methyl sites for hydroxylation is 1. The van der Waals surface area contributed by atoms with Crippen LogP contribution in [0.2, 0.25) is 0 Å². The largest absolute Gasteiger partial charge is 0.481 e. The molecule has 0 aliphatic rings. The fraction of sp³-hybridized carbons (Fsp3) is 0.286. The molecule has 0 spiro atoms. The Morgan fingerprint density at radius 2 is 2.15 bits per heavy atom. The Hall–Kier alpha value is -3.15. The Bertz CT molecular complexity index is 982. The van der Waals surface area contributed by atoms with E-state index >= 15 is 0 Å². The number of carbonyl (C=O) groups is 1. The number of hydrogen-bond donors (Lipinski definition) is 1. The Labute approximate surface area is 157 Å². The number of ether oxygens (including phenoxy) is 1. The maximum absolute atomic E-state index is 12.2. The van der Waals surface area contributed by atoms with Gasteiger partial charge in [0.25, 0.3) is 5.91 Å². The maximum atomic E-state index is 12.2. The lowest BCUT2D eigenvalue weighted by molar-refractivity contribution is -0.127. The van der Waals surface area contributed by atoms with E-state index in [1.165, 1.54) is 6.07 Å². The number of pyridine rings is 1. The van der Waals surface area contributed by atoms with E-state index in [9.17, 15) is 9.59 Å². The van der Waals surface area contributed by atoms with Gasteiger partial charge in [-0.3, -0.25) is 9.78 Å². The number of amides is 1. The van der Waals surface area contributed by atoms with Gasteiger partial charge in [0.15, 0.2) is 6.10 Å². The van der Waals surface area contributed by atoms with Crippen LogP contribution in [0.5, 0.6) is 5.75 Å². The van der Waals surface area contributed by atoms with Crippen LogP contribution in [0.1, 0.15) is 31.4 Å². The summed E-state index contributed by atoms with van der Waals surface area (Å²) in [5.74, 6) is 0.239. The van der Waals surface area contributed by atoms with E-state index in [1.54, 1.807) is 31.5 Å². The molecule has 1 aromatic carbocycles. The predicted octanol–water partition coefficient (Wildman–Crippen LogP) is 3.22. The third kappa shape index (κ3) is 4.73. The highest BCUT2D eigenvalue weighted by Crippen LogP contribution is 2.24. The monoisotopic (exact) mass is 366 g/mol. The zero-order chi connectivity index (χ0) is 19.2. The van der Waals surface area contributed by atoms with Crippen molar-refractivity contribution in [1.82, 2.24) is 10.3 Å². The lowest BCUT2D eigenvalue weighted by Gasteiger charge is -2.15. The maximum Gasteiger partial charge on any atom is 0.336 e. The van der Waals surface area contributed by atoms with Gasteiger partial charge in [0.2, 0.25) is 0 Å². The normalized spacial score (nSPS) is 11.9. The van der Waals surface area contributed by atoms with Gasteiger partial charge >= 0.3 is 5.63 Å². The second-order valence-corrected chi connectivity index (χ2v) is 6.34. The molecule has 0 unspecified atom stereocenters. The molecule has 1 atom stereocenters. The average Bonchev–Trinajstić information content (AvgIpc) is 2.66. The third-order valence-electron chi connectivity index (χ3n) is 4.19. The summed E-state index contributed by atoms with van der Waals surface area (Å²) >= 11 is 0. The molecule has 2 aromatic heterocycles. The zero-order valence-corrected chi connectivity index (χ0v) is 15.4. The number of benzene rings is 1. The topological polar surface area (TPSA) is 81.4 Å². The summed E-state index contributed by atoms with van der Waals surface area (Å²) in [6.07, 6.45) is 4.43. The van der Waals surface area contributed by atoms with Crippen molar-refractivity contribution >= 4 is 16.9 Å². The Kier molecular flexibility index (Phi) is 5.86. The molecule has 0 aliphatic heterocycles. The fourth-order valence-electron chi connectivity index (χ4n) is 2.85. The fourth-order valence-corrected chi connectivity index (χ4v) is 2.85. The van der Waals surface area contributed by atoms with Gasteiger partial charge in [-0.25, -0.2) is 4.79 Å². The van der Waals surface area contributed by atoms with Gasteiger partial charge in [-0.15, -0.1) is 0 Å². The number of rotatable bonds is 7. The van der Waals surface area contributed by atoms with Crippen LogP contribution in [0, 0.1) is 0 Å². The molecule has 0 bridgehead atoms. The van der Waals surface area contributed by atoms with Crippen molar-refractivity contribution in [2.24, 2.45) is 0 Å². The lowest BCUT2D eigenvalue weighted by atomic mass is 10.1. The van der Waals surface area contributed by atoms with Gasteiger partial charge in [0, 0.05) is 36.5 Å². The molecule has 1 amide bonds. The van der Waals surface area contributed by atoms with Gasteiger partial charge in [-0.2, -0.15) is 0 Å². The average molecular weight is 366 g/mol. The van der Waals surface area contributed by atoms with Crippen LogP contribution in [-0.2, 0) is 17.8 Å². The molecule has 1 N–H and O–H groups in total. The van der Waals surface area contributed by atoms with Crippen molar-refractivity contribution in [1.29, 1.82) is 0 Å². The van der Waals surface area contributed by atoms with Crippen molar-refractivity contribution in [3.63, 3.8) is 0 Å². The lowest BCUT2D eigenvalue weighted by Crippen LogP contribution is -2.35. The Morgan fingerprint density at radius 3 is 2.89 bits per heavy atom. The molecule has 0 saturated heterocycles. The summed E-state index contributed by atoms with van der Waals surface area (Å²) in [5.41, 5.74) is 1.95. The van der Waals surface area contributed by atoms with Crippen LogP contribution in [0.3, 0.4) is 0 Å². The zero-order valence-electron chi connectivity index (χ0n) is 15.4. The van der Waals surface area contributed by atoms with Crippen LogP contribution in [0.25, 0.3) is 11.0 Å². The summed E-state index contributed by atoms with van der Waals surface area (Å²) in [6.45, 7) is 4.11. The van der Waals surface area contributed by atoms with E-state index in [0.717, 1.165) is 29.4 Å². The molecule has 0 fully saturated rings. The molecular formula is C21H22N2O4. The molecule has 6 nitrogen and oxygen atoms in total. The van der Waals surface area contributed by atoms with Gasteiger partial charge < -0.3 is 14.5 Å². The summed E-state index contributed by atoms with van der Waals surface area (Å²) in [5, 5.41) is 3.70. The third-order valence-corrected chi connectivity index (χ3v) is 4.19. The van der Waals surface area contributed by atoms with E-state index in [1.807, 2.05) is 18.2 Å². The number of nitrogens with one attached hydrogen (secondary N) is 1. The molecule has 2 heterocycles. The number of hydrogen-bond acceptors (Lipinski definition) is 5. The highest BCUT2D eigenvalue weighted by Gasteiger charge is 2.15. The van der Waals surface area contributed by atoms with Crippen molar-refractivity contribution < 1.29 is 13.9 Å². The summed E-state index contributed by atoms with van der Waals surface area (Å²) in [7, 11) is 0. The van der Waals surface area contributed by atoms with Crippen LogP contribution in [-0.4, -0.2) is 17.0 Å².